The van der Waals surface area contributed by atoms with Gasteiger partial charge < -0.3 is 5.32 Å². The molecule has 0 aromatic carbocycles. The molecule has 10 heavy (non-hydrogen) atoms. The topological polar surface area (TPSA) is 24.4 Å². The molecule has 0 spiro atoms. The Labute approximate surface area is 62.7 Å². The van der Waals surface area contributed by atoms with Crippen LogP contribution in [0.1, 0.15) is 26.2 Å². The monoisotopic (exact) mass is 140 g/mol. The van der Waals surface area contributed by atoms with Gasteiger partial charge in [0.15, 0.2) is 0 Å². The lowest BCUT2D eigenvalue weighted by Gasteiger charge is -2.01. The van der Waals surface area contributed by atoms with Crippen molar-refractivity contribution in [3.8, 4) is 0 Å². The van der Waals surface area contributed by atoms with Crippen molar-refractivity contribution in [2.45, 2.75) is 26.2 Å². The first kappa shape index (κ1) is 7.58. The highest BCUT2D eigenvalue weighted by atomic mass is 15.0. The Morgan fingerprint density at radius 1 is 1.50 bits per heavy atom. The summed E-state index contributed by atoms with van der Waals surface area (Å²) >= 11 is 0. The molecule has 0 aliphatic carbocycles. The summed E-state index contributed by atoms with van der Waals surface area (Å²) in [5, 5.41) is 3.31. The fraction of sp³-hybridized carbons (Fsp3) is 0.875. The zero-order valence-electron chi connectivity index (χ0n) is 6.85. The molecular weight excluding hydrogens is 124 g/mol. The van der Waals surface area contributed by atoms with E-state index in [-0.39, 0.29) is 0 Å². The van der Waals surface area contributed by atoms with Crippen LogP contribution in [0.5, 0.6) is 0 Å². The predicted octanol–water partition coefficient (Wildman–Crippen LogP) is 1.42. The second-order valence-electron chi connectivity index (χ2n) is 3.03. The molecule has 2 heteroatoms. The number of aliphatic imine (C=N–C) groups is 1. The standard InChI is InChI=1S/C8H16N2/c1-7-3-4-8(9-2)10-6-5-7/h7H,3-6H2,1-2H3,(H,9,10). The molecule has 1 heterocycles. The quantitative estimate of drug-likeness (QED) is 0.540. The normalized spacial score (nSPS) is 31.4. The van der Waals surface area contributed by atoms with Crippen molar-refractivity contribution in [2.24, 2.45) is 10.9 Å². The first-order valence-electron chi connectivity index (χ1n) is 4.02. The van der Waals surface area contributed by atoms with Gasteiger partial charge in [-0.2, -0.15) is 0 Å². The Morgan fingerprint density at radius 3 is 3.00 bits per heavy atom. The van der Waals surface area contributed by atoms with Crippen LogP contribution in [0.25, 0.3) is 0 Å². The van der Waals surface area contributed by atoms with E-state index in [0.717, 1.165) is 18.9 Å². The molecule has 1 saturated heterocycles. The van der Waals surface area contributed by atoms with Crippen molar-refractivity contribution in [1.82, 2.24) is 5.32 Å². The molecule has 0 amide bonds. The molecular formula is C8H16N2. The van der Waals surface area contributed by atoms with Crippen molar-refractivity contribution in [3.63, 3.8) is 0 Å². The van der Waals surface area contributed by atoms with Gasteiger partial charge in [0, 0.05) is 20.0 Å². The molecule has 58 valence electrons. The molecule has 0 aromatic rings. The summed E-state index contributed by atoms with van der Waals surface area (Å²) < 4.78 is 0. The minimum Gasteiger partial charge on any atom is -0.374 e. The molecule has 0 saturated carbocycles. The third-order valence-electron chi connectivity index (χ3n) is 2.11. The minimum absolute atomic E-state index is 0.867. The van der Waals surface area contributed by atoms with Gasteiger partial charge in [0.05, 0.1) is 5.84 Å². The van der Waals surface area contributed by atoms with Crippen molar-refractivity contribution in [1.29, 1.82) is 0 Å². The van der Waals surface area contributed by atoms with Crippen LogP contribution in [0.15, 0.2) is 4.99 Å². The Morgan fingerprint density at radius 2 is 2.30 bits per heavy atom. The van der Waals surface area contributed by atoms with E-state index in [1.807, 2.05) is 7.05 Å². The highest BCUT2D eigenvalue weighted by Crippen LogP contribution is 2.12. The van der Waals surface area contributed by atoms with Crippen molar-refractivity contribution in [2.75, 3.05) is 13.6 Å². The van der Waals surface area contributed by atoms with Crippen LogP contribution in [0.4, 0.5) is 0 Å². The number of amidine groups is 1. The van der Waals surface area contributed by atoms with Crippen molar-refractivity contribution >= 4 is 5.84 Å². The summed E-state index contributed by atoms with van der Waals surface area (Å²) in [6, 6.07) is 0. The Hall–Kier alpha value is -0.530. The summed E-state index contributed by atoms with van der Waals surface area (Å²) in [6.45, 7) is 3.41. The van der Waals surface area contributed by atoms with Gasteiger partial charge in [-0.05, 0) is 18.8 Å². The van der Waals surface area contributed by atoms with Gasteiger partial charge >= 0.3 is 0 Å². The van der Waals surface area contributed by atoms with Crippen LogP contribution in [-0.2, 0) is 0 Å². The highest BCUT2D eigenvalue weighted by molar-refractivity contribution is 5.82. The zero-order valence-corrected chi connectivity index (χ0v) is 6.85. The van der Waals surface area contributed by atoms with Crippen LogP contribution in [0, 0.1) is 5.92 Å². The first-order chi connectivity index (χ1) is 4.83. The lowest BCUT2D eigenvalue weighted by atomic mass is 10.0. The molecule has 1 atom stereocenters. The zero-order chi connectivity index (χ0) is 7.40. The molecule has 2 nitrogen and oxygen atoms in total. The van der Waals surface area contributed by atoms with E-state index in [2.05, 4.69) is 17.2 Å². The lowest BCUT2D eigenvalue weighted by Crippen LogP contribution is -2.21. The van der Waals surface area contributed by atoms with Gasteiger partial charge in [0.1, 0.15) is 0 Å². The van der Waals surface area contributed by atoms with E-state index in [1.165, 1.54) is 18.7 Å². The van der Waals surface area contributed by atoms with E-state index in [9.17, 15) is 0 Å². The number of hydrogen-bond donors (Lipinski definition) is 1. The summed E-state index contributed by atoms with van der Waals surface area (Å²) in [6.07, 6.45) is 3.72. The maximum absolute atomic E-state index is 4.15. The van der Waals surface area contributed by atoms with E-state index < -0.39 is 0 Å². The van der Waals surface area contributed by atoms with Gasteiger partial charge in [-0.3, -0.25) is 4.99 Å². The van der Waals surface area contributed by atoms with Crippen LogP contribution in [-0.4, -0.2) is 19.4 Å². The number of nitrogens with one attached hydrogen (secondary N) is 1. The molecule has 1 aliphatic rings. The van der Waals surface area contributed by atoms with E-state index in [4.69, 9.17) is 0 Å². The van der Waals surface area contributed by atoms with Gasteiger partial charge in [-0.1, -0.05) is 6.92 Å². The molecule has 0 bridgehead atoms. The average molecular weight is 140 g/mol. The fourth-order valence-electron chi connectivity index (χ4n) is 1.27. The number of hydrogen-bond acceptors (Lipinski definition) is 1. The first-order valence-corrected chi connectivity index (χ1v) is 4.02. The predicted molar refractivity (Wildman–Crippen MR) is 44.4 cm³/mol. The van der Waals surface area contributed by atoms with Gasteiger partial charge in [-0.15, -0.1) is 0 Å². The summed E-state index contributed by atoms with van der Waals surface area (Å²) in [4.78, 5) is 4.15. The Bertz CT molecular complexity index is 129. The molecule has 1 rings (SSSR count). The maximum Gasteiger partial charge on any atom is 0.0959 e. The summed E-state index contributed by atoms with van der Waals surface area (Å²) in [5.41, 5.74) is 0. The van der Waals surface area contributed by atoms with Crippen LogP contribution >= 0.6 is 0 Å². The second kappa shape index (κ2) is 3.59. The molecule has 1 fully saturated rings. The molecule has 1 aliphatic heterocycles. The SMILES string of the molecule is CN=C1CCC(C)CCN1. The third-order valence-corrected chi connectivity index (χ3v) is 2.11. The number of rotatable bonds is 0. The fourth-order valence-corrected chi connectivity index (χ4v) is 1.27. The highest BCUT2D eigenvalue weighted by Gasteiger charge is 2.09. The minimum atomic E-state index is 0.867. The van der Waals surface area contributed by atoms with Crippen LogP contribution < -0.4 is 5.32 Å². The lowest BCUT2D eigenvalue weighted by molar-refractivity contribution is 0.521. The van der Waals surface area contributed by atoms with Crippen molar-refractivity contribution in [3.05, 3.63) is 0 Å². The van der Waals surface area contributed by atoms with Gasteiger partial charge in [0.25, 0.3) is 0 Å². The second-order valence-corrected chi connectivity index (χ2v) is 3.03. The van der Waals surface area contributed by atoms with E-state index in [0.29, 0.717) is 0 Å². The van der Waals surface area contributed by atoms with Crippen molar-refractivity contribution < 1.29 is 0 Å². The molecule has 0 radical (unpaired) electrons. The smallest absolute Gasteiger partial charge is 0.0959 e. The molecule has 1 N–H and O–H groups in total. The Balaban J connectivity index is 2.41. The van der Waals surface area contributed by atoms with Gasteiger partial charge in [-0.25, -0.2) is 0 Å². The third kappa shape index (κ3) is 2.01. The largest absolute Gasteiger partial charge is 0.374 e. The molecule has 0 aromatic heterocycles. The Kier molecular flexibility index (Phi) is 2.72. The van der Waals surface area contributed by atoms with Crippen LogP contribution in [0.2, 0.25) is 0 Å². The van der Waals surface area contributed by atoms with E-state index >= 15 is 0 Å². The molecule has 1 unspecified atom stereocenters. The number of nitrogens with zero attached hydrogens (tertiary/aromatic N) is 1. The maximum atomic E-state index is 4.15. The summed E-state index contributed by atoms with van der Waals surface area (Å²) in [7, 11) is 1.86. The van der Waals surface area contributed by atoms with E-state index in [1.54, 1.807) is 0 Å². The van der Waals surface area contributed by atoms with Gasteiger partial charge in [0.2, 0.25) is 0 Å². The average Bonchev–Trinajstić information content (AvgIpc) is 2.14. The van der Waals surface area contributed by atoms with Crippen LogP contribution in [0.3, 0.4) is 0 Å². The summed E-state index contributed by atoms with van der Waals surface area (Å²) in [5.74, 6) is 2.05.